The van der Waals surface area contributed by atoms with E-state index < -0.39 is 0 Å². The second-order valence-corrected chi connectivity index (χ2v) is 7.45. The van der Waals surface area contributed by atoms with Crippen LogP contribution in [0.5, 0.6) is 0 Å². The molecule has 3 heterocycles. The van der Waals surface area contributed by atoms with Crippen molar-refractivity contribution in [3.05, 3.63) is 88.1 Å². The summed E-state index contributed by atoms with van der Waals surface area (Å²) >= 11 is 1.40. The molecule has 0 saturated heterocycles. The number of hydrogen-bond acceptors (Lipinski definition) is 5. The van der Waals surface area contributed by atoms with Crippen LogP contribution in [0.2, 0.25) is 0 Å². The quantitative estimate of drug-likeness (QED) is 0.631. The smallest absolute Gasteiger partial charge is 0.264 e. The van der Waals surface area contributed by atoms with E-state index in [1.807, 2.05) is 23.6 Å². The molecule has 0 bridgehead atoms. The summed E-state index contributed by atoms with van der Waals surface area (Å²) in [6.07, 6.45) is 3.82. The Hall–Kier alpha value is -3.06. The van der Waals surface area contributed by atoms with Crippen LogP contribution in [0.25, 0.3) is 0 Å². The zero-order valence-corrected chi connectivity index (χ0v) is 15.8. The molecule has 0 unspecified atom stereocenters. The summed E-state index contributed by atoms with van der Waals surface area (Å²) in [5.41, 5.74) is 2.60. The monoisotopic (exact) mass is 395 g/mol. The number of benzene rings is 1. The van der Waals surface area contributed by atoms with Crippen LogP contribution >= 0.6 is 11.3 Å². The van der Waals surface area contributed by atoms with Crippen LogP contribution in [0.4, 0.5) is 4.39 Å². The van der Waals surface area contributed by atoms with Crippen molar-refractivity contribution < 1.29 is 14.0 Å². The van der Waals surface area contributed by atoms with Gasteiger partial charge in [-0.2, -0.15) is 0 Å². The van der Waals surface area contributed by atoms with Crippen molar-refractivity contribution in [2.75, 3.05) is 6.54 Å². The molecule has 28 heavy (non-hydrogen) atoms. The summed E-state index contributed by atoms with van der Waals surface area (Å²) in [7, 11) is 0. The van der Waals surface area contributed by atoms with Crippen molar-refractivity contribution in [2.24, 2.45) is 5.16 Å². The summed E-state index contributed by atoms with van der Waals surface area (Å²) in [4.78, 5) is 25.1. The van der Waals surface area contributed by atoms with Gasteiger partial charge >= 0.3 is 0 Å². The molecule has 1 amide bonds. The minimum Gasteiger partial charge on any atom is -0.390 e. The Kier molecular flexibility index (Phi) is 5.43. The number of carbonyl (C=O) groups excluding carboxylic acids is 1. The second-order valence-electron chi connectivity index (χ2n) is 6.50. The number of nitrogens with zero attached hydrogens (tertiary/aromatic N) is 3. The van der Waals surface area contributed by atoms with Crippen LogP contribution in [-0.2, 0) is 11.4 Å². The fraction of sp³-hybridized carbons (Fsp3) is 0.190. The van der Waals surface area contributed by atoms with E-state index in [2.05, 4.69) is 10.1 Å². The van der Waals surface area contributed by atoms with Crippen LogP contribution in [0.1, 0.15) is 27.2 Å². The molecule has 0 spiro atoms. The molecule has 4 rings (SSSR count). The number of rotatable bonds is 6. The number of carbonyl (C=O) groups is 1. The van der Waals surface area contributed by atoms with Crippen molar-refractivity contribution in [2.45, 2.75) is 19.1 Å². The molecule has 1 aliphatic heterocycles. The summed E-state index contributed by atoms with van der Waals surface area (Å²) in [5.74, 6) is -0.369. The minimum absolute atomic E-state index is 0.0715. The van der Waals surface area contributed by atoms with Crippen molar-refractivity contribution in [1.82, 2.24) is 9.88 Å². The molecule has 0 aliphatic carbocycles. The van der Waals surface area contributed by atoms with Gasteiger partial charge in [0.15, 0.2) is 6.10 Å². The van der Waals surface area contributed by atoms with Crippen LogP contribution in [0.15, 0.2) is 71.5 Å². The SMILES string of the molecule is O=C(c1cccs1)N(Cc1ccc(F)cc1)C[C@H]1CC(c2cccnc2)=NO1. The molecule has 1 aromatic carbocycles. The number of aromatic nitrogens is 1. The summed E-state index contributed by atoms with van der Waals surface area (Å²) in [6, 6.07) is 13.6. The third-order valence-electron chi connectivity index (χ3n) is 4.46. The van der Waals surface area contributed by atoms with E-state index >= 15 is 0 Å². The molecule has 0 radical (unpaired) electrons. The number of oxime groups is 1. The van der Waals surface area contributed by atoms with E-state index in [0.717, 1.165) is 16.8 Å². The third kappa shape index (κ3) is 4.26. The Balaban J connectivity index is 1.48. The van der Waals surface area contributed by atoms with Gasteiger partial charge in [-0.3, -0.25) is 9.78 Å². The first-order valence-electron chi connectivity index (χ1n) is 8.89. The van der Waals surface area contributed by atoms with Gasteiger partial charge in [-0.1, -0.05) is 23.4 Å². The van der Waals surface area contributed by atoms with Gasteiger partial charge in [0.2, 0.25) is 0 Å². The standard InChI is InChI=1S/C21H18FN3O2S/c22-17-7-5-15(6-8-17)13-25(21(26)20-4-2-10-28-20)14-18-11-19(24-27-18)16-3-1-9-23-12-16/h1-10,12,18H,11,13-14H2/t18-/m1/s1. The molecule has 0 saturated carbocycles. The van der Waals surface area contributed by atoms with Crippen molar-refractivity contribution in [3.63, 3.8) is 0 Å². The lowest BCUT2D eigenvalue weighted by Crippen LogP contribution is -2.37. The first-order valence-corrected chi connectivity index (χ1v) is 9.77. The Morgan fingerprint density at radius 3 is 2.79 bits per heavy atom. The Morgan fingerprint density at radius 1 is 1.21 bits per heavy atom. The third-order valence-corrected chi connectivity index (χ3v) is 5.32. The first kappa shape index (κ1) is 18.3. The Bertz CT molecular complexity index is 959. The van der Waals surface area contributed by atoms with Crippen LogP contribution in [0, 0.1) is 5.82 Å². The highest BCUT2D eigenvalue weighted by molar-refractivity contribution is 7.12. The highest BCUT2D eigenvalue weighted by Gasteiger charge is 2.27. The minimum atomic E-state index is -0.298. The highest BCUT2D eigenvalue weighted by atomic mass is 32.1. The summed E-state index contributed by atoms with van der Waals surface area (Å²) < 4.78 is 13.2. The van der Waals surface area contributed by atoms with Gasteiger partial charge in [-0.25, -0.2) is 4.39 Å². The lowest BCUT2D eigenvalue weighted by atomic mass is 10.1. The first-order chi connectivity index (χ1) is 13.7. The molecule has 1 aliphatic rings. The molecule has 0 fully saturated rings. The van der Waals surface area contributed by atoms with Gasteiger partial charge in [0, 0.05) is 30.9 Å². The van der Waals surface area contributed by atoms with Gasteiger partial charge in [0.1, 0.15) is 5.82 Å². The van der Waals surface area contributed by atoms with Crippen molar-refractivity contribution in [3.8, 4) is 0 Å². The van der Waals surface area contributed by atoms with Crippen molar-refractivity contribution >= 4 is 23.0 Å². The lowest BCUT2D eigenvalue weighted by molar-refractivity contribution is 0.0408. The van der Waals surface area contributed by atoms with E-state index in [1.165, 1.54) is 23.5 Å². The topological polar surface area (TPSA) is 54.8 Å². The van der Waals surface area contributed by atoms with Crippen molar-refractivity contribution in [1.29, 1.82) is 0 Å². The maximum absolute atomic E-state index is 13.2. The molecule has 7 heteroatoms. The van der Waals surface area contributed by atoms with Gasteiger partial charge in [-0.05, 0) is 41.3 Å². The van der Waals surface area contributed by atoms with Gasteiger partial charge in [-0.15, -0.1) is 11.3 Å². The number of thiophene rings is 1. The van der Waals surface area contributed by atoms with Gasteiger partial charge in [0.25, 0.3) is 5.91 Å². The normalized spacial score (nSPS) is 15.8. The van der Waals surface area contributed by atoms with Crippen LogP contribution < -0.4 is 0 Å². The molecule has 142 valence electrons. The molecule has 0 N–H and O–H groups in total. The average Bonchev–Trinajstić information content (AvgIpc) is 3.42. The zero-order chi connectivity index (χ0) is 19.3. The lowest BCUT2D eigenvalue weighted by Gasteiger charge is -2.24. The molecular weight excluding hydrogens is 377 g/mol. The van der Waals surface area contributed by atoms with E-state index in [1.54, 1.807) is 35.5 Å². The summed E-state index contributed by atoms with van der Waals surface area (Å²) in [5, 5.41) is 6.05. The second kappa shape index (κ2) is 8.31. The highest BCUT2D eigenvalue weighted by Crippen LogP contribution is 2.21. The molecular formula is C21H18FN3O2S. The number of amides is 1. The van der Waals surface area contributed by atoms with E-state index in [9.17, 15) is 9.18 Å². The number of pyridine rings is 1. The maximum atomic E-state index is 13.2. The summed E-state index contributed by atoms with van der Waals surface area (Å²) in [6.45, 7) is 0.764. The Morgan fingerprint density at radius 2 is 2.07 bits per heavy atom. The van der Waals surface area contributed by atoms with Gasteiger partial charge < -0.3 is 9.74 Å². The fourth-order valence-electron chi connectivity index (χ4n) is 3.06. The Labute approximate surface area is 166 Å². The zero-order valence-electron chi connectivity index (χ0n) is 15.0. The van der Waals surface area contributed by atoms with Crippen LogP contribution in [-0.4, -0.2) is 34.2 Å². The maximum Gasteiger partial charge on any atom is 0.264 e. The largest absolute Gasteiger partial charge is 0.390 e. The predicted molar refractivity (Wildman–Crippen MR) is 106 cm³/mol. The molecule has 2 aromatic heterocycles. The fourth-order valence-corrected chi connectivity index (χ4v) is 3.75. The van der Waals surface area contributed by atoms with Crippen LogP contribution in [0.3, 0.4) is 0 Å². The molecule has 3 aromatic rings. The van der Waals surface area contributed by atoms with E-state index in [4.69, 9.17) is 4.84 Å². The molecule has 1 atom stereocenters. The van der Waals surface area contributed by atoms with E-state index in [0.29, 0.717) is 24.4 Å². The predicted octanol–water partition coefficient (Wildman–Crippen LogP) is 4.12. The number of hydrogen-bond donors (Lipinski definition) is 0. The average molecular weight is 395 g/mol. The molecule has 5 nitrogen and oxygen atoms in total. The number of halogens is 1. The van der Waals surface area contributed by atoms with E-state index in [-0.39, 0.29) is 17.8 Å². The van der Waals surface area contributed by atoms with Gasteiger partial charge in [0.05, 0.1) is 17.1 Å².